The van der Waals surface area contributed by atoms with Crippen molar-refractivity contribution in [1.29, 1.82) is 0 Å². The molecule has 1 aromatic carbocycles. The quantitative estimate of drug-likeness (QED) is 0.676. The summed E-state index contributed by atoms with van der Waals surface area (Å²) in [7, 11) is 0. The second-order valence-electron chi connectivity index (χ2n) is 8.83. The maximum atomic E-state index is 12.4. The third-order valence-corrected chi connectivity index (χ3v) is 5.18. The zero-order valence-electron chi connectivity index (χ0n) is 18.8. The van der Waals surface area contributed by atoms with Crippen LogP contribution in [0.2, 0.25) is 0 Å². The van der Waals surface area contributed by atoms with Crippen LogP contribution in [-0.2, 0) is 25.5 Å². The molecule has 8 heteroatoms. The lowest BCUT2D eigenvalue weighted by atomic mass is 9.91. The molecule has 1 saturated heterocycles. The van der Waals surface area contributed by atoms with E-state index in [0.717, 1.165) is 31.2 Å². The second kappa shape index (κ2) is 9.87. The van der Waals surface area contributed by atoms with E-state index in [1.54, 1.807) is 25.1 Å². The molecule has 1 aromatic rings. The van der Waals surface area contributed by atoms with Gasteiger partial charge in [0.25, 0.3) is 0 Å². The van der Waals surface area contributed by atoms with Gasteiger partial charge in [0, 0.05) is 19.4 Å². The minimum atomic E-state index is -0.572. The average molecular weight is 436 g/mol. The molecule has 31 heavy (non-hydrogen) atoms. The van der Waals surface area contributed by atoms with Crippen molar-refractivity contribution in [1.82, 2.24) is 5.32 Å². The fourth-order valence-corrected chi connectivity index (χ4v) is 3.75. The van der Waals surface area contributed by atoms with E-state index >= 15 is 0 Å². The Balaban J connectivity index is 1.67. The average Bonchev–Trinajstić information content (AvgIpc) is 3.15. The molecular weight excluding hydrogens is 402 g/mol. The molecule has 1 aliphatic heterocycles. The van der Waals surface area contributed by atoms with Crippen LogP contribution >= 0.6 is 0 Å². The van der Waals surface area contributed by atoms with Gasteiger partial charge in [0.15, 0.2) is 5.79 Å². The Hall–Kier alpha value is -2.32. The van der Waals surface area contributed by atoms with E-state index in [4.69, 9.17) is 23.7 Å². The number of ether oxygens (including phenoxy) is 5. The first-order valence-corrected chi connectivity index (χ1v) is 10.9. The van der Waals surface area contributed by atoms with Gasteiger partial charge in [-0.3, -0.25) is 0 Å². The number of carbonyl (C=O) groups is 2. The minimum Gasteiger partial charge on any atom is -0.490 e. The molecular formula is C23H33NO7. The maximum Gasteiger partial charge on any atom is 0.407 e. The largest absolute Gasteiger partial charge is 0.490 e. The first-order valence-electron chi connectivity index (χ1n) is 10.9. The van der Waals surface area contributed by atoms with E-state index in [1.165, 1.54) is 0 Å². The van der Waals surface area contributed by atoms with Gasteiger partial charge < -0.3 is 29.0 Å². The lowest BCUT2D eigenvalue weighted by molar-refractivity contribution is -0.186. The molecule has 0 radical (unpaired) electrons. The summed E-state index contributed by atoms with van der Waals surface area (Å²) in [6, 6.07) is 5.22. The molecule has 0 atom stereocenters. The second-order valence-corrected chi connectivity index (χ2v) is 8.83. The number of amides is 1. The van der Waals surface area contributed by atoms with Crippen LogP contribution in [0, 0.1) is 0 Å². The van der Waals surface area contributed by atoms with Crippen LogP contribution in [0.25, 0.3) is 0 Å². The maximum absolute atomic E-state index is 12.4. The van der Waals surface area contributed by atoms with Crippen LogP contribution in [0.15, 0.2) is 18.2 Å². The minimum absolute atomic E-state index is 0.0549. The summed E-state index contributed by atoms with van der Waals surface area (Å²) in [6.45, 7) is 8.98. The van der Waals surface area contributed by atoms with Crippen LogP contribution in [0.5, 0.6) is 5.75 Å². The van der Waals surface area contributed by atoms with Crippen molar-refractivity contribution in [3.8, 4) is 5.75 Å². The van der Waals surface area contributed by atoms with Gasteiger partial charge in [-0.2, -0.15) is 0 Å². The monoisotopic (exact) mass is 435 g/mol. The van der Waals surface area contributed by atoms with Gasteiger partial charge in [0.1, 0.15) is 16.9 Å². The standard InChI is InChI=1S/C23H33NO7/c1-5-27-20(25)18-7-6-16(15-24-21(26)31-22(2,3)4)14-19(18)30-17-8-10-23(11-9-17)28-12-13-29-23/h6-7,14,17H,5,8-13,15H2,1-4H3,(H,24,26). The van der Waals surface area contributed by atoms with E-state index in [9.17, 15) is 9.59 Å². The molecule has 1 N–H and O–H groups in total. The van der Waals surface area contributed by atoms with Crippen molar-refractivity contribution in [3.05, 3.63) is 29.3 Å². The third kappa shape index (κ3) is 6.58. The Kier molecular flexibility index (Phi) is 7.43. The Morgan fingerprint density at radius 1 is 1.16 bits per heavy atom. The molecule has 1 spiro atoms. The summed E-state index contributed by atoms with van der Waals surface area (Å²) in [6.07, 6.45) is 2.49. The lowest BCUT2D eigenvalue weighted by Crippen LogP contribution is -2.38. The molecule has 8 nitrogen and oxygen atoms in total. The number of nitrogens with one attached hydrogen (secondary N) is 1. The fourth-order valence-electron chi connectivity index (χ4n) is 3.75. The summed E-state index contributed by atoms with van der Waals surface area (Å²) in [4.78, 5) is 24.4. The lowest BCUT2D eigenvalue weighted by Gasteiger charge is -2.35. The molecule has 2 fully saturated rings. The van der Waals surface area contributed by atoms with Gasteiger partial charge in [-0.1, -0.05) is 6.07 Å². The van der Waals surface area contributed by atoms with Gasteiger partial charge in [-0.05, 0) is 58.2 Å². The van der Waals surface area contributed by atoms with Gasteiger partial charge >= 0.3 is 12.1 Å². The smallest absolute Gasteiger partial charge is 0.407 e. The van der Waals surface area contributed by atoms with Crippen molar-refractivity contribution in [2.45, 2.75) is 77.4 Å². The third-order valence-electron chi connectivity index (χ3n) is 5.18. The molecule has 2 aliphatic rings. The highest BCUT2D eigenvalue weighted by Crippen LogP contribution is 2.37. The number of hydrogen-bond acceptors (Lipinski definition) is 7. The first-order chi connectivity index (χ1) is 14.7. The van der Waals surface area contributed by atoms with E-state index < -0.39 is 23.5 Å². The molecule has 0 aromatic heterocycles. The number of esters is 1. The summed E-state index contributed by atoms with van der Waals surface area (Å²) in [5, 5.41) is 2.73. The van der Waals surface area contributed by atoms with E-state index in [0.29, 0.717) is 24.5 Å². The van der Waals surface area contributed by atoms with Crippen molar-refractivity contribution >= 4 is 12.1 Å². The highest BCUT2D eigenvalue weighted by molar-refractivity contribution is 5.92. The Bertz CT molecular complexity index is 771. The summed E-state index contributed by atoms with van der Waals surface area (Å²) in [5.41, 5.74) is 0.595. The predicted molar refractivity (Wildman–Crippen MR) is 113 cm³/mol. The zero-order chi connectivity index (χ0) is 22.5. The van der Waals surface area contributed by atoms with Crippen LogP contribution < -0.4 is 10.1 Å². The van der Waals surface area contributed by atoms with Crippen molar-refractivity contribution in [2.75, 3.05) is 19.8 Å². The highest BCUT2D eigenvalue weighted by Gasteiger charge is 2.41. The Labute approximate surface area is 183 Å². The van der Waals surface area contributed by atoms with E-state index in [2.05, 4.69) is 5.32 Å². The zero-order valence-corrected chi connectivity index (χ0v) is 18.8. The summed E-state index contributed by atoms with van der Waals surface area (Å²) in [5.74, 6) is -0.446. The molecule has 1 heterocycles. The molecule has 3 rings (SSSR count). The predicted octanol–water partition coefficient (Wildman–Crippen LogP) is 3.95. The van der Waals surface area contributed by atoms with Crippen LogP contribution in [0.4, 0.5) is 4.79 Å². The fraction of sp³-hybridized carbons (Fsp3) is 0.652. The Morgan fingerprint density at radius 2 is 1.84 bits per heavy atom. The number of rotatable bonds is 6. The number of hydrogen-bond donors (Lipinski definition) is 1. The number of alkyl carbamates (subject to hydrolysis) is 1. The molecule has 1 aliphatic carbocycles. The normalized spacial score (nSPS) is 18.6. The highest BCUT2D eigenvalue weighted by atomic mass is 16.7. The van der Waals surface area contributed by atoms with Gasteiger partial charge in [-0.15, -0.1) is 0 Å². The van der Waals surface area contributed by atoms with E-state index in [1.807, 2.05) is 20.8 Å². The molecule has 0 bridgehead atoms. The van der Waals surface area contributed by atoms with Crippen LogP contribution in [0.3, 0.4) is 0 Å². The Morgan fingerprint density at radius 3 is 2.45 bits per heavy atom. The molecule has 1 saturated carbocycles. The van der Waals surface area contributed by atoms with Crippen molar-refractivity contribution in [2.24, 2.45) is 0 Å². The van der Waals surface area contributed by atoms with Gasteiger partial charge in [0.2, 0.25) is 0 Å². The number of carbonyl (C=O) groups excluding carboxylic acids is 2. The number of benzene rings is 1. The van der Waals surface area contributed by atoms with E-state index in [-0.39, 0.29) is 19.3 Å². The van der Waals surface area contributed by atoms with Crippen molar-refractivity contribution < 1.29 is 33.3 Å². The van der Waals surface area contributed by atoms with Gasteiger partial charge in [-0.25, -0.2) is 9.59 Å². The topological polar surface area (TPSA) is 92.3 Å². The first kappa shape index (κ1) is 23.3. The van der Waals surface area contributed by atoms with Crippen LogP contribution in [0.1, 0.15) is 69.3 Å². The molecule has 0 unspecified atom stereocenters. The summed E-state index contributed by atoms with van der Waals surface area (Å²) >= 11 is 0. The van der Waals surface area contributed by atoms with Crippen LogP contribution in [-0.4, -0.2) is 49.4 Å². The molecule has 172 valence electrons. The van der Waals surface area contributed by atoms with Gasteiger partial charge in [0.05, 0.1) is 25.9 Å². The molecule has 1 amide bonds. The van der Waals surface area contributed by atoms with Crippen molar-refractivity contribution in [3.63, 3.8) is 0 Å². The summed E-state index contributed by atoms with van der Waals surface area (Å²) < 4.78 is 28.2. The SMILES string of the molecule is CCOC(=O)c1ccc(CNC(=O)OC(C)(C)C)cc1OC1CCC2(CC1)OCCO2.